The van der Waals surface area contributed by atoms with Crippen molar-refractivity contribution in [3.8, 4) is 0 Å². The van der Waals surface area contributed by atoms with Gasteiger partial charge in [-0.3, -0.25) is 9.97 Å². The van der Waals surface area contributed by atoms with E-state index in [1.165, 1.54) is 18.5 Å². The largest absolute Gasteiger partial charge is 0.326 e. The van der Waals surface area contributed by atoms with Crippen LogP contribution >= 0.6 is 15.9 Å². The van der Waals surface area contributed by atoms with Crippen molar-refractivity contribution in [3.63, 3.8) is 0 Å². The molecule has 0 aromatic carbocycles. The summed E-state index contributed by atoms with van der Waals surface area (Å²) in [5.74, 6) is 0. The second kappa shape index (κ2) is 8.68. The van der Waals surface area contributed by atoms with Crippen LogP contribution in [0.15, 0.2) is 41.1 Å². The Morgan fingerprint density at radius 1 is 0.952 bits per heavy atom. The number of pyridine rings is 2. The minimum absolute atomic E-state index is 0.105. The number of halogens is 5. The molecule has 2 rings (SSSR count). The second-order valence-corrected chi connectivity index (χ2v) is 4.58. The highest BCUT2D eigenvalue weighted by Gasteiger charge is 2.12. The molecule has 21 heavy (non-hydrogen) atoms. The van der Waals surface area contributed by atoms with Crippen molar-refractivity contribution in [2.24, 2.45) is 5.73 Å². The summed E-state index contributed by atoms with van der Waals surface area (Å²) in [6.07, 6.45) is -2.36. The fourth-order valence-corrected chi connectivity index (χ4v) is 1.81. The predicted molar refractivity (Wildman–Crippen MR) is 74.0 cm³/mol. The van der Waals surface area contributed by atoms with E-state index < -0.39 is 12.9 Å². The van der Waals surface area contributed by atoms with Crippen LogP contribution in [0.3, 0.4) is 0 Å². The number of hydrogen-bond donors (Lipinski definition) is 1. The molecule has 0 radical (unpaired) electrons. The average molecular weight is 366 g/mol. The first kappa shape index (κ1) is 17.5. The molecule has 2 heterocycles. The first-order valence-electron chi connectivity index (χ1n) is 5.78. The van der Waals surface area contributed by atoms with Crippen molar-refractivity contribution < 1.29 is 17.6 Å². The van der Waals surface area contributed by atoms with Gasteiger partial charge in [0.2, 0.25) is 0 Å². The van der Waals surface area contributed by atoms with E-state index in [0.717, 1.165) is 0 Å². The molecule has 0 aliphatic carbocycles. The van der Waals surface area contributed by atoms with Gasteiger partial charge in [0.1, 0.15) is 11.4 Å². The summed E-state index contributed by atoms with van der Waals surface area (Å²) < 4.78 is 48.4. The van der Waals surface area contributed by atoms with Gasteiger partial charge in [-0.1, -0.05) is 6.07 Å². The van der Waals surface area contributed by atoms with Gasteiger partial charge in [0.05, 0.1) is 0 Å². The maximum absolute atomic E-state index is 12.1. The summed E-state index contributed by atoms with van der Waals surface area (Å²) in [6, 6.07) is 6.27. The van der Waals surface area contributed by atoms with Crippen molar-refractivity contribution in [1.82, 2.24) is 9.97 Å². The Morgan fingerprint density at radius 3 is 1.86 bits per heavy atom. The molecule has 3 nitrogen and oxygen atoms in total. The highest BCUT2D eigenvalue weighted by molar-refractivity contribution is 9.10. The molecule has 0 atom stereocenters. The zero-order valence-electron chi connectivity index (χ0n) is 10.7. The number of hydrogen-bond acceptors (Lipinski definition) is 3. The van der Waals surface area contributed by atoms with Crippen LogP contribution in [0.4, 0.5) is 17.6 Å². The van der Waals surface area contributed by atoms with Crippen molar-refractivity contribution in [1.29, 1.82) is 0 Å². The summed E-state index contributed by atoms with van der Waals surface area (Å²) >= 11 is 2.95. The third-order valence-corrected chi connectivity index (χ3v) is 3.02. The molecule has 0 aliphatic heterocycles. The normalized spacial score (nSPS) is 10.5. The van der Waals surface area contributed by atoms with Crippen LogP contribution < -0.4 is 5.73 Å². The molecular formula is C13H12BrF4N3. The van der Waals surface area contributed by atoms with Crippen molar-refractivity contribution >= 4 is 15.9 Å². The van der Waals surface area contributed by atoms with E-state index in [4.69, 9.17) is 5.73 Å². The van der Waals surface area contributed by atoms with Gasteiger partial charge in [-0.15, -0.1) is 0 Å². The lowest BCUT2D eigenvalue weighted by atomic mass is 10.2. The maximum Gasteiger partial charge on any atom is 0.281 e. The molecule has 0 unspecified atom stereocenters. The summed E-state index contributed by atoms with van der Waals surface area (Å²) in [5, 5.41) is 0. The maximum atomic E-state index is 12.1. The standard InChI is InChI=1S/C7H8F2N2.C6H4BrF2N/c8-7(9)6-5(4-10)2-1-3-11-6;7-4-2-1-3-10-5(4)6(8)9/h1-3,7H,4,10H2;1-3,6H. The van der Waals surface area contributed by atoms with E-state index >= 15 is 0 Å². The second-order valence-electron chi connectivity index (χ2n) is 3.72. The first-order valence-corrected chi connectivity index (χ1v) is 6.57. The Hall–Kier alpha value is -1.54. The van der Waals surface area contributed by atoms with Crippen molar-refractivity contribution in [3.05, 3.63) is 58.1 Å². The monoisotopic (exact) mass is 365 g/mol. The Balaban J connectivity index is 0.000000211. The lowest BCUT2D eigenvalue weighted by Crippen LogP contribution is -2.03. The van der Waals surface area contributed by atoms with E-state index in [1.807, 2.05) is 0 Å². The number of aromatic nitrogens is 2. The van der Waals surface area contributed by atoms with E-state index in [1.54, 1.807) is 18.2 Å². The van der Waals surface area contributed by atoms with E-state index in [2.05, 4.69) is 25.9 Å². The minimum Gasteiger partial charge on any atom is -0.326 e. The molecule has 0 saturated heterocycles. The van der Waals surface area contributed by atoms with Crippen LogP contribution in [0.2, 0.25) is 0 Å². The van der Waals surface area contributed by atoms with Crippen molar-refractivity contribution in [2.45, 2.75) is 19.4 Å². The third-order valence-electron chi connectivity index (χ3n) is 2.35. The molecule has 0 spiro atoms. The van der Waals surface area contributed by atoms with Gasteiger partial charge in [-0.2, -0.15) is 0 Å². The number of nitrogens with zero attached hydrogens (tertiary/aromatic N) is 2. The number of nitrogens with two attached hydrogens (primary N) is 1. The fourth-order valence-electron chi connectivity index (χ4n) is 1.38. The highest BCUT2D eigenvalue weighted by atomic mass is 79.9. The summed E-state index contributed by atoms with van der Waals surface area (Å²) in [7, 11) is 0. The fraction of sp³-hybridized carbons (Fsp3) is 0.231. The van der Waals surface area contributed by atoms with Gasteiger partial charge in [0, 0.05) is 23.4 Å². The number of rotatable bonds is 3. The quantitative estimate of drug-likeness (QED) is 0.826. The van der Waals surface area contributed by atoms with Crippen LogP contribution in [-0.2, 0) is 6.54 Å². The van der Waals surface area contributed by atoms with Gasteiger partial charge < -0.3 is 5.73 Å². The number of alkyl halides is 4. The van der Waals surface area contributed by atoms with Gasteiger partial charge in [0.25, 0.3) is 12.9 Å². The SMILES string of the molecule is FC(F)c1ncccc1Br.NCc1cccnc1C(F)F. The van der Waals surface area contributed by atoms with Gasteiger partial charge in [-0.25, -0.2) is 17.6 Å². The Morgan fingerprint density at radius 2 is 1.48 bits per heavy atom. The molecule has 0 saturated carbocycles. The third kappa shape index (κ3) is 5.39. The van der Waals surface area contributed by atoms with E-state index in [0.29, 0.717) is 10.0 Å². The lowest BCUT2D eigenvalue weighted by Gasteiger charge is -2.03. The summed E-state index contributed by atoms with van der Waals surface area (Å²) in [4.78, 5) is 7.00. The Kier molecular flexibility index (Phi) is 7.24. The Bertz CT molecular complexity index is 567. The average Bonchev–Trinajstić information content (AvgIpc) is 2.48. The molecule has 0 amide bonds. The van der Waals surface area contributed by atoms with Gasteiger partial charge >= 0.3 is 0 Å². The highest BCUT2D eigenvalue weighted by Crippen LogP contribution is 2.23. The molecule has 2 N–H and O–H groups in total. The molecule has 2 aromatic rings. The van der Waals surface area contributed by atoms with Crippen LogP contribution in [0.1, 0.15) is 29.8 Å². The van der Waals surface area contributed by atoms with E-state index in [-0.39, 0.29) is 17.9 Å². The predicted octanol–water partition coefficient (Wildman–Crippen LogP) is 4.26. The zero-order chi connectivity index (χ0) is 15.8. The van der Waals surface area contributed by atoms with Gasteiger partial charge in [0.15, 0.2) is 0 Å². The minimum atomic E-state index is -2.53. The van der Waals surface area contributed by atoms with Crippen LogP contribution in [0.25, 0.3) is 0 Å². The first-order chi connectivity index (χ1) is 9.97. The van der Waals surface area contributed by atoms with Gasteiger partial charge in [-0.05, 0) is 39.7 Å². The molecule has 0 bridgehead atoms. The Labute approximate surface area is 127 Å². The molecule has 114 valence electrons. The molecule has 8 heteroatoms. The molecular weight excluding hydrogens is 354 g/mol. The summed E-state index contributed by atoms with van der Waals surface area (Å²) in [6.45, 7) is 0.105. The molecule has 0 fully saturated rings. The van der Waals surface area contributed by atoms with Crippen LogP contribution in [0, 0.1) is 0 Å². The molecule has 2 aromatic heterocycles. The van der Waals surface area contributed by atoms with Crippen LogP contribution in [-0.4, -0.2) is 9.97 Å². The molecule has 0 aliphatic rings. The zero-order valence-corrected chi connectivity index (χ0v) is 12.3. The summed E-state index contributed by atoms with van der Waals surface area (Å²) in [5.41, 5.74) is 5.20. The lowest BCUT2D eigenvalue weighted by molar-refractivity contribution is 0.144. The smallest absolute Gasteiger partial charge is 0.281 e. The topological polar surface area (TPSA) is 51.8 Å². The van der Waals surface area contributed by atoms with E-state index in [9.17, 15) is 17.6 Å². The van der Waals surface area contributed by atoms with Crippen LogP contribution in [0.5, 0.6) is 0 Å². The van der Waals surface area contributed by atoms with Crippen molar-refractivity contribution in [2.75, 3.05) is 0 Å².